The first kappa shape index (κ1) is 33.1. The van der Waals surface area contributed by atoms with Crippen LogP contribution in [0.2, 0.25) is 0 Å². The highest BCUT2D eigenvalue weighted by Crippen LogP contribution is 2.61. The lowest BCUT2D eigenvalue weighted by atomic mass is 9.63. The Balaban J connectivity index is 1.12. The van der Waals surface area contributed by atoms with E-state index in [1.165, 1.54) is 81.8 Å². The molecule has 9 aromatic carbocycles. The van der Waals surface area contributed by atoms with Gasteiger partial charge in [0, 0.05) is 37.5 Å². The van der Waals surface area contributed by atoms with Gasteiger partial charge >= 0.3 is 0 Å². The number of para-hydroxylation sites is 4. The van der Waals surface area contributed by atoms with Gasteiger partial charge in [0.05, 0.1) is 27.8 Å². The third-order valence-electron chi connectivity index (χ3n) is 12.2. The lowest BCUT2D eigenvalue weighted by molar-refractivity contribution is 0.689. The lowest BCUT2D eigenvalue weighted by Gasteiger charge is -2.45. The van der Waals surface area contributed by atoms with Crippen molar-refractivity contribution in [2.45, 2.75) is 15.2 Å². The second kappa shape index (κ2) is 13.0. The summed E-state index contributed by atoms with van der Waals surface area (Å²) in [5, 5.41) is 2.57. The summed E-state index contributed by atoms with van der Waals surface area (Å²) < 4.78 is 2.51. The summed E-state index contributed by atoms with van der Waals surface area (Å²) in [6.07, 6.45) is 0. The molecule has 1 spiro atoms. The normalized spacial score (nSPS) is 14.9. The van der Waals surface area contributed by atoms with E-state index in [-0.39, 0.29) is 0 Å². The highest BCUT2D eigenvalue weighted by atomic mass is 32.2. The van der Waals surface area contributed by atoms with Crippen LogP contribution in [0.1, 0.15) is 22.3 Å². The van der Waals surface area contributed by atoms with E-state index in [2.05, 4.69) is 228 Å². The quantitative estimate of drug-likeness (QED) is 0.173. The SMILES string of the molecule is c1ccc(-c2ccc(N(c3ccc4c(c3)Sc3ccccc3C43c4ccccc4-n4c5ccccc5c5cccc3c54)c3ccccc3-c3ccccc3)cc2)cc1. The smallest absolute Gasteiger partial charge is 0.0764 e. The Hall–Kier alpha value is -7.07. The van der Waals surface area contributed by atoms with Gasteiger partial charge in [-0.05, 0) is 87.5 Å². The third-order valence-corrected chi connectivity index (χ3v) is 13.4. The topological polar surface area (TPSA) is 8.17 Å². The molecule has 272 valence electrons. The van der Waals surface area contributed by atoms with Crippen molar-refractivity contribution in [1.82, 2.24) is 4.57 Å². The Morgan fingerprint density at radius 2 is 1.00 bits per heavy atom. The molecule has 10 aromatic rings. The van der Waals surface area contributed by atoms with Gasteiger partial charge in [0.15, 0.2) is 0 Å². The van der Waals surface area contributed by atoms with E-state index in [1.54, 1.807) is 0 Å². The third kappa shape index (κ3) is 4.74. The average molecular weight is 757 g/mol. The molecular formula is C55H36N2S. The maximum absolute atomic E-state index is 2.51. The standard InChI is InChI=1S/C55H36N2S/c1-3-16-37(17-4-1)38-30-32-40(33-31-38)56(49-26-11-7-20-42(49)39-18-5-2-6-19-39)41-34-35-47-53(36-41)58-52-29-14-10-24-46(52)55(47)45-23-9-13-28-51(45)57-50-27-12-8-21-43(50)44-22-15-25-48(55)54(44)57/h1-36H. The van der Waals surface area contributed by atoms with E-state index in [0.29, 0.717) is 0 Å². The maximum atomic E-state index is 2.51. The van der Waals surface area contributed by atoms with Gasteiger partial charge in [-0.3, -0.25) is 0 Å². The zero-order chi connectivity index (χ0) is 38.2. The van der Waals surface area contributed by atoms with Crippen LogP contribution >= 0.6 is 11.8 Å². The highest BCUT2D eigenvalue weighted by Gasteiger charge is 2.49. The zero-order valence-corrected chi connectivity index (χ0v) is 32.4. The molecule has 2 aliphatic rings. The molecule has 0 saturated heterocycles. The molecule has 3 heterocycles. The Bertz CT molecular complexity index is 3200. The summed E-state index contributed by atoms with van der Waals surface area (Å²) in [5.74, 6) is 0. The molecule has 2 nitrogen and oxygen atoms in total. The number of rotatable bonds is 5. The number of anilines is 3. The first-order chi connectivity index (χ1) is 28.8. The van der Waals surface area contributed by atoms with Crippen molar-refractivity contribution in [2.24, 2.45) is 0 Å². The fraction of sp³-hybridized carbons (Fsp3) is 0.0182. The van der Waals surface area contributed by atoms with Gasteiger partial charge in [-0.25, -0.2) is 0 Å². The predicted molar refractivity (Wildman–Crippen MR) is 242 cm³/mol. The molecule has 0 N–H and O–H groups in total. The van der Waals surface area contributed by atoms with Crippen LogP contribution in [-0.4, -0.2) is 4.57 Å². The molecule has 2 aliphatic heterocycles. The summed E-state index contributed by atoms with van der Waals surface area (Å²) in [7, 11) is 0. The Morgan fingerprint density at radius 3 is 1.84 bits per heavy atom. The van der Waals surface area contributed by atoms with E-state index < -0.39 is 5.41 Å². The summed E-state index contributed by atoms with van der Waals surface area (Å²) in [6, 6.07) is 80.5. The van der Waals surface area contributed by atoms with E-state index in [0.717, 1.165) is 17.1 Å². The molecule has 0 fully saturated rings. The summed E-state index contributed by atoms with van der Waals surface area (Å²) >= 11 is 1.89. The summed E-state index contributed by atoms with van der Waals surface area (Å²) in [5.41, 5.74) is 16.7. The molecule has 0 aliphatic carbocycles. The van der Waals surface area contributed by atoms with E-state index in [9.17, 15) is 0 Å². The fourth-order valence-electron chi connectivity index (χ4n) is 9.85. The second-order valence-electron chi connectivity index (χ2n) is 15.2. The van der Waals surface area contributed by atoms with Crippen LogP contribution < -0.4 is 4.90 Å². The van der Waals surface area contributed by atoms with Crippen molar-refractivity contribution in [3.05, 3.63) is 241 Å². The molecule has 3 heteroatoms. The minimum absolute atomic E-state index is 0.527. The first-order valence-electron chi connectivity index (χ1n) is 19.9. The van der Waals surface area contributed by atoms with Crippen LogP contribution in [0, 0.1) is 0 Å². The molecule has 1 atom stereocenters. The minimum Gasteiger partial charge on any atom is -0.310 e. The van der Waals surface area contributed by atoms with E-state index >= 15 is 0 Å². The van der Waals surface area contributed by atoms with Crippen molar-refractivity contribution in [2.75, 3.05) is 4.90 Å². The summed E-state index contributed by atoms with van der Waals surface area (Å²) in [6.45, 7) is 0. The van der Waals surface area contributed by atoms with Crippen LogP contribution in [0.15, 0.2) is 228 Å². The minimum atomic E-state index is -0.527. The monoisotopic (exact) mass is 756 g/mol. The number of hydrogen-bond acceptors (Lipinski definition) is 2. The van der Waals surface area contributed by atoms with E-state index in [4.69, 9.17) is 0 Å². The predicted octanol–water partition coefficient (Wildman–Crippen LogP) is 14.7. The van der Waals surface area contributed by atoms with Gasteiger partial charge in [0.2, 0.25) is 0 Å². The van der Waals surface area contributed by atoms with Crippen molar-refractivity contribution in [3.8, 4) is 27.9 Å². The van der Waals surface area contributed by atoms with Crippen LogP contribution in [0.5, 0.6) is 0 Å². The first-order valence-corrected chi connectivity index (χ1v) is 20.8. The van der Waals surface area contributed by atoms with Gasteiger partial charge in [-0.2, -0.15) is 0 Å². The van der Waals surface area contributed by atoms with Crippen LogP contribution in [0.3, 0.4) is 0 Å². The van der Waals surface area contributed by atoms with E-state index in [1.807, 2.05) is 11.8 Å². The molecule has 0 amide bonds. The summed E-state index contributed by atoms with van der Waals surface area (Å²) in [4.78, 5) is 4.99. The number of hydrogen-bond donors (Lipinski definition) is 0. The van der Waals surface area contributed by atoms with Crippen LogP contribution in [0.4, 0.5) is 17.1 Å². The molecule has 0 saturated carbocycles. The largest absolute Gasteiger partial charge is 0.310 e. The van der Waals surface area contributed by atoms with Crippen molar-refractivity contribution >= 4 is 50.6 Å². The number of nitrogens with zero attached hydrogens (tertiary/aromatic N) is 2. The van der Waals surface area contributed by atoms with Gasteiger partial charge in [-0.1, -0.05) is 182 Å². The Kier molecular flexibility index (Phi) is 7.41. The second-order valence-corrected chi connectivity index (χ2v) is 16.3. The van der Waals surface area contributed by atoms with Crippen molar-refractivity contribution in [3.63, 3.8) is 0 Å². The molecule has 0 bridgehead atoms. The van der Waals surface area contributed by atoms with Crippen molar-refractivity contribution in [1.29, 1.82) is 0 Å². The molecule has 1 aromatic heterocycles. The molecule has 0 radical (unpaired) electrons. The molecular weight excluding hydrogens is 721 g/mol. The maximum Gasteiger partial charge on any atom is 0.0764 e. The Morgan fingerprint density at radius 1 is 0.397 bits per heavy atom. The molecule has 12 rings (SSSR count). The van der Waals surface area contributed by atoms with Crippen molar-refractivity contribution < 1.29 is 0 Å². The van der Waals surface area contributed by atoms with Gasteiger partial charge < -0.3 is 9.47 Å². The number of fused-ring (bicyclic) bond motifs is 11. The zero-order valence-electron chi connectivity index (χ0n) is 31.6. The molecule has 1 unspecified atom stereocenters. The number of aromatic nitrogens is 1. The highest BCUT2D eigenvalue weighted by molar-refractivity contribution is 7.99. The van der Waals surface area contributed by atoms with Gasteiger partial charge in [-0.15, -0.1) is 0 Å². The lowest BCUT2D eigenvalue weighted by Crippen LogP contribution is -2.37. The van der Waals surface area contributed by atoms with Gasteiger partial charge in [0.25, 0.3) is 0 Å². The Labute approximate surface area is 342 Å². The van der Waals surface area contributed by atoms with Crippen LogP contribution in [0.25, 0.3) is 49.7 Å². The fourth-order valence-corrected chi connectivity index (χ4v) is 11.1. The average Bonchev–Trinajstić information content (AvgIpc) is 3.64. The van der Waals surface area contributed by atoms with Gasteiger partial charge in [0.1, 0.15) is 0 Å². The number of benzene rings is 9. The van der Waals surface area contributed by atoms with Crippen LogP contribution in [-0.2, 0) is 5.41 Å². The molecule has 58 heavy (non-hydrogen) atoms.